The lowest BCUT2D eigenvalue weighted by Gasteiger charge is -2.25. The van der Waals surface area contributed by atoms with Crippen molar-refractivity contribution in [1.29, 1.82) is 0 Å². The fourth-order valence-corrected chi connectivity index (χ4v) is 2.56. The Kier molecular flexibility index (Phi) is 5.26. The quantitative estimate of drug-likeness (QED) is 0.604. The van der Waals surface area contributed by atoms with E-state index in [1.165, 1.54) is 38.5 Å². The molecule has 1 amide bonds. The zero-order chi connectivity index (χ0) is 14.5. The third kappa shape index (κ3) is 4.69. The normalized spacial score (nSPS) is 27.1. The molecule has 0 aromatic carbocycles. The molecule has 114 valence electrons. The van der Waals surface area contributed by atoms with Crippen molar-refractivity contribution in [2.75, 3.05) is 20.6 Å². The van der Waals surface area contributed by atoms with Gasteiger partial charge in [0.1, 0.15) is 6.54 Å². The third-order valence-electron chi connectivity index (χ3n) is 4.25. The zero-order valence-corrected chi connectivity index (χ0v) is 13.0. The van der Waals surface area contributed by atoms with Crippen molar-refractivity contribution in [3.63, 3.8) is 0 Å². The van der Waals surface area contributed by atoms with Crippen molar-refractivity contribution < 1.29 is 4.79 Å². The molecule has 5 heteroatoms. The van der Waals surface area contributed by atoms with Crippen LogP contribution < -0.4 is 10.6 Å². The maximum absolute atomic E-state index is 11.7. The van der Waals surface area contributed by atoms with Crippen LogP contribution in [0.3, 0.4) is 0 Å². The smallest absolute Gasteiger partial charge is 0.243 e. The van der Waals surface area contributed by atoms with Gasteiger partial charge in [-0.2, -0.15) is 0 Å². The Hall–Kier alpha value is -1.26. The van der Waals surface area contributed by atoms with E-state index in [1.807, 2.05) is 0 Å². The molecule has 2 saturated carbocycles. The minimum absolute atomic E-state index is 0.0404. The van der Waals surface area contributed by atoms with Gasteiger partial charge in [-0.15, -0.1) is 0 Å². The summed E-state index contributed by atoms with van der Waals surface area (Å²) in [7, 11) is 3.53. The summed E-state index contributed by atoms with van der Waals surface area (Å²) in [5.74, 6) is 1.58. The highest BCUT2D eigenvalue weighted by molar-refractivity contribution is 5.85. The molecule has 0 saturated heterocycles. The Morgan fingerprint density at radius 1 is 1.20 bits per heavy atom. The number of aliphatic imine (C=N–C) groups is 1. The average molecular weight is 280 g/mol. The number of hydrogen-bond acceptors (Lipinski definition) is 2. The number of carbonyl (C=O) groups excluding carboxylic acids is 1. The van der Waals surface area contributed by atoms with E-state index in [9.17, 15) is 4.79 Å². The molecule has 2 aliphatic rings. The average Bonchev–Trinajstić information content (AvgIpc) is 3.12. The summed E-state index contributed by atoms with van der Waals surface area (Å²) in [4.78, 5) is 17.7. The van der Waals surface area contributed by atoms with Crippen molar-refractivity contribution in [2.24, 2.45) is 10.9 Å². The molecule has 0 aliphatic heterocycles. The number of nitrogens with one attached hydrogen (secondary N) is 2. The van der Waals surface area contributed by atoms with Gasteiger partial charge in [-0.3, -0.25) is 4.79 Å². The first-order chi connectivity index (χ1) is 9.56. The molecule has 2 aliphatic carbocycles. The number of hydrogen-bond donors (Lipinski definition) is 2. The molecular weight excluding hydrogens is 252 g/mol. The van der Waals surface area contributed by atoms with Crippen molar-refractivity contribution in [2.45, 2.75) is 57.5 Å². The van der Waals surface area contributed by atoms with Gasteiger partial charge in [0, 0.05) is 26.2 Å². The van der Waals surface area contributed by atoms with Gasteiger partial charge in [0.25, 0.3) is 0 Å². The first-order valence-corrected chi connectivity index (χ1v) is 7.84. The third-order valence-corrected chi connectivity index (χ3v) is 4.25. The van der Waals surface area contributed by atoms with Gasteiger partial charge < -0.3 is 15.5 Å². The lowest BCUT2D eigenvalue weighted by Crippen LogP contribution is -2.45. The standard InChI is InChI=1S/C15H28N4O/c1-11-9-13(11)18-15(16-10-14(20)19(2)3)17-12-7-5-4-6-8-12/h11-13H,4-10H2,1-3H3,(H2,16,17,18). The molecule has 2 atom stereocenters. The van der Waals surface area contributed by atoms with Crippen molar-refractivity contribution in [3.05, 3.63) is 0 Å². The SMILES string of the molecule is CC1CC1NC(=NCC(=O)N(C)C)NC1CCCCC1. The number of rotatable bonds is 4. The van der Waals surface area contributed by atoms with Crippen molar-refractivity contribution in [3.8, 4) is 0 Å². The Morgan fingerprint density at radius 3 is 2.40 bits per heavy atom. The molecule has 2 fully saturated rings. The number of carbonyl (C=O) groups is 1. The minimum atomic E-state index is 0.0404. The number of guanidine groups is 1. The maximum Gasteiger partial charge on any atom is 0.243 e. The fraction of sp³-hybridized carbons (Fsp3) is 0.867. The van der Waals surface area contributed by atoms with E-state index in [1.54, 1.807) is 19.0 Å². The molecule has 0 spiro atoms. The highest BCUT2D eigenvalue weighted by atomic mass is 16.2. The zero-order valence-electron chi connectivity index (χ0n) is 13.0. The second-order valence-electron chi connectivity index (χ2n) is 6.40. The lowest BCUT2D eigenvalue weighted by molar-refractivity contribution is -0.127. The van der Waals surface area contributed by atoms with Crippen LogP contribution in [0, 0.1) is 5.92 Å². The van der Waals surface area contributed by atoms with Gasteiger partial charge in [0.15, 0.2) is 5.96 Å². The van der Waals surface area contributed by atoms with Gasteiger partial charge in [-0.05, 0) is 25.2 Å². The molecule has 2 rings (SSSR count). The Balaban J connectivity index is 1.88. The topological polar surface area (TPSA) is 56.7 Å². The summed E-state index contributed by atoms with van der Waals surface area (Å²) in [5, 5.41) is 6.96. The number of likely N-dealkylation sites (N-methyl/N-ethyl adjacent to an activating group) is 1. The summed E-state index contributed by atoms with van der Waals surface area (Å²) in [6.07, 6.45) is 7.55. The van der Waals surface area contributed by atoms with Crippen LogP contribution >= 0.6 is 0 Å². The maximum atomic E-state index is 11.7. The molecule has 0 heterocycles. The van der Waals surface area contributed by atoms with Gasteiger partial charge in [0.05, 0.1) is 0 Å². The van der Waals surface area contributed by atoms with Crippen LogP contribution in [-0.4, -0.2) is 49.5 Å². The van der Waals surface area contributed by atoms with E-state index in [-0.39, 0.29) is 12.5 Å². The highest BCUT2D eigenvalue weighted by Gasteiger charge is 2.33. The summed E-state index contributed by atoms with van der Waals surface area (Å²) < 4.78 is 0. The summed E-state index contributed by atoms with van der Waals surface area (Å²) >= 11 is 0. The first-order valence-electron chi connectivity index (χ1n) is 7.84. The minimum Gasteiger partial charge on any atom is -0.354 e. The molecule has 2 unspecified atom stereocenters. The summed E-state index contributed by atoms with van der Waals surface area (Å²) in [6, 6.07) is 1.04. The second-order valence-corrected chi connectivity index (χ2v) is 6.40. The molecule has 0 bridgehead atoms. The van der Waals surface area contributed by atoms with Crippen LogP contribution in [0.1, 0.15) is 45.4 Å². The largest absolute Gasteiger partial charge is 0.354 e. The van der Waals surface area contributed by atoms with Crippen molar-refractivity contribution in [1.82, 2.24) is 15.5 Å². The molecule has 0 aromatic rings. The van der Waals surface area contributed by atoms with Crippen LogP contribution in [0.4, 0.5) is 0 Å². The fourth-order valence-electron chi connectivity index (χ4n) is 2.56. The lowest BCUT2D eigenvalue weighted by atomic mass is 9.96. The van der Waals surface area contributed by atoms with E-state index < -0.39 is 0 Å². The van der Waals surface area contributed by atoms with Crippen molar-refractivity contribution >= 4 is 11.9 Å². The summed E-state index contributed by atoms with van der Waals surface area (Å²) in [6.45, 7) is 2.46. The monoisotopic (exact) mass is 280 g/mol. The molecule has 0 radical (unpaired) electrons. The van der Waals surface area contributed by atoms with Gasteiger partial charge in [-0.25, -0.2) is 4.99 Å². The summed E-state index contributed by atoms with van der Waals surface area (Å²) in [5.41, 5.74) is 0. The number of nitrogens with zero attached hydrogens (tertiary/aromatic N) is 2. The first kappa shape index (κ1) is 15.1. The van der Waals surface area contributed by atoms with E-state index in [2.05, 4.69) is 22.5 Å². The van der Waals surface area contributed by atoms with Crippen LogP contribution in [-0.2, 0) is 4.79 Å². The van der Waals surface area contributed by atoms with Gasteiger partial charge >= 0.3 is 0 Å². The molecule has 0 aromatic heterocycles. The second kappa shape index (κ2) is 6.95. The van der Waals surface area contributed by atoms with Crippen LogP contribution in [0.25, 0.3) is 0 Å². The highest BCUT2D eigenvalue weighted by Crippen LogP contribution is 2.28. The van der Waals surface area contributed by atoms with Crippen LogP contribution in [0.5, 0.6) is 0 Å². The Labute approximate surface area is 122 Å². The van der Waals surface area contributed by atoms with E-state index in [0.29, 0.717) is 12.1 Å². The van der Waals surface area contributed by atoms with E-state index in [4.69, 9.17) is 0 Å². The van der Waals surface area contributed by atoms with Gasteiger partial charge in [0.2, 0.25) is 5.91 Å². The number of amides is 1. The van der Waals surface area contributed by atoms with E-state index in [0.717, 1.165) is 11.9 Å². The van der Waals surface area contributed by atoms with Crippen LogP contribution in [0.15, 0.2) is 4.99 Å². The molecular formula is C15H28N4O. The van der Waals surface area contributed by atoms with Gasteiger partial charge in [-0.1, -0.05) is 26.2 Å². The molecule has 5 nitrogen and oxygen atoms in total. The molecule has 2 N–H and O–H groups in total. The van der Waals surface area contributed by atoms with Crippen LogP contribution in [0.2, 0.25) is 0 Å². The molecule has 20 heavy (non-hydrogen) atoms. The predicted octanol–water partition coefficient (Wildman–Crippen LogP) is 1.35. The Morgan fingerprint density at radius 2 is 1.85 bits per heavy atom. The van der Waals surface area contributed by atoms with E-state index >= 15 is 0 Å². The predicted molar refractivity (Wildman–Crippen MR) is 81.7 cm³/mol. The Bertz CT molecular complexity index is 361.